The Bertz CT molecular complexity index is 741. The highest BCUT2D eigenvalue weighted by atomic mass is 19.2. The van der Waals surface area contributed by atoms with Gasteiger partial charge in [0.25, 0.3) is 5.91 Å². The number of ether oxygens (including phenoxy) is 1. The lowest BCUT2D eigenvalue weighted by Gasteiger charge is -2.36. The van der Waals surface area contributed by atoms with Crippen LogP contribution in [-0.2, 0) is 4.79 Å². The third-order valence-electron chi connectivity index (χ3n) is 5.40. The number of amides is 2. The smallest absolute Gasteiger partial charge is 0.261 e. The van der Waals surface area contributed by atoms with E-state index in [4.69, 9.17) is 4.74 Å². The van der Waals surface area contributed by atoms with Gasteiger partial charge in [-0.15, -0.1) is 0 Å². The first kappa shape index (κ1) is 19.5. The average Bonchev–Trinajstić information content (AvgIpc) is 2.93. The molecule has 0 saturated carbocycles. The summed E-state index contributed by atoms with van der Waals surface area (Å²) in [7, 11) is 4.75. The number of nitrogens with zero attached hydrogens (tertiary/aromatic N) is 3. The van der Waals surface area contributed by atoms with Crippen molar-refractivity contribution in [2.75, 3.05) is 47.4 Å². The van der Waals surface area contributed by atoms with Gasteiger partial charge >= 0.3 is 0 Å². The molecule has 27 heavy (non-hydrogen) atoms. The largest absolute Gasteiger partial charge is 0.496 e. The molecular formula is C19H25F2N3O3. The van der Waals surface area contributed by atoms with Gasteiger partial charge in [0, 0.05) is 39.8 Å². The summed E-state index contributed by atoms with van der Waals surface area (Å²) in [5, 5.41) is 0. The summed E-state index contributed by atoms with van der Waals surface area (Å²) >= 11 is 0. The van der Waals surface area contributed by atoms with Crippen molar-refractivity contribution in [2.45, 2.75) is 18.9 Å². The molecule has 3 aliphatic heterocycles. The molecule has 4 rings (SSSR count). The van der Waals surface area contributed by atoms with Gasteiger partial charge in [0.15, 0.2) is 11.6 Å². The molecule has 6 nitrogen and oxygen atoms in total. The Balaban J connectivity index is 1.84. The highest BCUT2D eigenvalue weighted by Gasteiger charge is 2.39. The number of piperidine rings is 1. The van der Waals surface area contributed by atoms with Crippen LogP contribution in [0.4, 0.5) is 8.78 Å². The van der Waals surface area contributed by atoms with E-state index in [1.54, 1.807) is 23.9 Å². The Hall–Kier alpha value is -2.22. The Labute approximate surface area is 157 Å². The molecular weight excluding hydrogens is 356 g/mol. The van der Waals surface area contributed by atoms with E-state index in [9.17, 15) is 18.4 Å². The standard InChI is InChI=1S/C19H25F2N3O3/c1-22(2)16(25)11-23-8-12-4-5-13(10-23)24(9-12)19(26)17-15(27-3)7-6-14(20)18(17)21/h6-7,12-13H,4-5,8-11H2,1-3H3/t12-,13+/m1/s1. The fourth-order valence-corrected chi connectivity index (χ4v) is 3.94. The van der Waals surface area contributed by atoms with E-state index >= 15 is 0 Å². The molecule has 1 aromatic carbocycles. The Morgan fingerprint density at radius 1 is 1.19 bits per heavy atom. The van der Waals surface area contributed by atoms with Crippen LogP contribution in [0.1, 0.15) is 23.2 Å². The zero-order valence-corrected chi connectivity index (χ0v) is 15.9. The summed E-state index contributed by atoms with van der Waals surface area (Å²) in [6.07, 6.45) is 1.73. The number of benzene rings is 1. The number of halogens is 2. The first-order chi connectivity index (χ1) is 12.8. The number of hydrogen-bond acceptors (Lipinski definition) is 4. The maximum absolute atomic E-state index is 14.4. The fraction of sp³-hybridized carbons (Fsp3) is 0.579. The summed E-state index contributed by atoms with van der Waals surface area (Å²) in [5.74, 6) is -2.58. The molecule has 3 heterocycles. The number of hydrogen-bond donors (Lipinski definition) is 0. The second kappa shape index (κ2) is 7.80. The van der Waals surface area contributed by atoms with Gasteiger partial charge in [-0.3, -0.25) is 14.5 Å². The number of likely N-dealkylation sites (N-methyl/N-ethyl adjacent to an activating group) is 1. The zero-order chi connectivity index (χ0) is 19.7. The highest BCUT2D eigenvalue weighted by molar-refractivity contribution is 5.97. The lowest BCUT2D eigenvalue weighted by atomic mass is 9.94. The van der Waals surface area contributed by atoms with Gasteiger partial charge in [-0.1, -0.05) is 0 Å². The van der Waals surface area contributed by atoms with Crippen LogP contribution >= 0.6 is 0 Å². The van der Waals surface area contributed by atoms with Gasteiger partial charge in [0.05, 0.1) is 13.7 Å². The lowest BCUT2D eigenvalue weighted by Crippen LogP contribution is -2.48. The SMILES string of the molecule is COc1ccc(F)c(F)c1C(=O)N1C[C@@H]2CC[C@H]1CN(CC(=O)N(C)C)C2. The van der Waals surface area contributed by atoms with Crippen LogP contribution < -0.4 is 4.74 Å². The number of fused-ring (bicyclic) bond motifs is 4. The van der Waals surface area contributed by atoms with Crippen molar-refractivity contribution >= 4 is 11.8 Å². The van der Waals surface area contributed by atoms with Crippen molar-refractivity contribution in [2.24, 2.45) is 5.92 Å². The molecule has 0 spiro atoms. The van der Waals surface area contributed by atoms with Crippen LogP contribution in [0.2, 0.25) is 0 Å². The molecule has 0 aromatic heterocycles. The molecule has 8 heteroatoms. The molecule has 0 N–H and O–H groups in total. The molecule has 2 bridgehead atoms. The minimum Gasteiger partial charge on any atom is -0.496 e. The minimum absolute atomic E-state index is 0.00650. The fourth-order valence-electron chi connectivity index (χ4n) is 3.94. The van der Waals surface area contributed by atoms with Crippen LogP contribution in [0.3, 0.4) is 0 Å². The normalized spacial score (nSPS) is 22.5. The first-order valence-electron chi connectivity index (χ1n) is 9.07. The van der Waals surface area contributed by atoms with Crippen LogP contribution in [0.15, 0.2) is 12.1 Å². The molecule has 0 unspecified atom stereocenters. The van der Waals surface area contributed by atoms with Crippen LogP contribution in [0, 0.1) is 17.6 Å². The molecule has 1 aromatic rings. The molecule has 3 saturated heterocycles. The van der Waals surface area contributed by atoms with E-state index in [1.807, 2.05) is 0 Å². The average molecular weight is 381 g/mol. The van der Waals surface area contributed by atoms with E-state index in [1.165, 1.54) is 13.2 Å². The monoisotopic (exact) mass is 381 g/mol. The number of methoxy groups -OCH3 is 1. The maximum atomic E-state index is 14.4. The molecule has 3 fully saturated rings. The van der Waals surface area contributed by atoms with E-state index < -0.39 is 17.5 Å². The summed E-state index contributed by atoms with van der Waals surface area (Å²) < 4.78 is 33.2. The van der Waals surface area contributed by atoms with Crippen molar-refractivity contribution < 1.29 is 23.1 Å². The van der Waals surface area contributed by atoms with Gasteiger partial charge < -0.3 is 14.5 Å². The summed E-state index contributed by atoms with van der Waals surface area (Å²) in [5.41, 5.74) is -0.360. The quantitative estimate of drug-likeness (QED) is 0.795. The van der Waals surface area contributed by atoms with E-state index in [0.717, 1.165) is 18.9 Å². The predicted octanol–water partition coefficient (Wildman–Crippen LogP) is 1.60. The number of carbonyl (C=O) groups is 2. The summed E-state index contributed by atoms with van der Waals surface area (Å²) in [6.45, 7) is 2.01. The Kier molecular flexibility index (Phi) is 5.64. The summed E-state index contributed by atoms with van der Waals surface area (Å²) in [6, 6.07) is 2.08. The molecule has 2 atom stereocenters. The van der Waals surface area contributed by atoms with Gasteiger partial charge in [0.2, 0.25) is 5.91 Å². The van der Waals surface area contributed by atoms with E-state index in [2.05, 4.69) is 4.90 Å². The summed E-state index contributed by atoms with van der Waals surface area (Å²) in [4.78, 5) is 30.4. The molecule has 148 valence electrons. The van der Waals surface area contributed by atoms with Crippen molar-refractivity contribution in [3.63, 3.8) is 0 Å². The van der Waals surface area contributed by atoms with Gasteiger partial charge in [-0.05, 0) is 30.9 Å². The van der Waals surface area contributed by atoms with Gasteiger partial charge in [0.1, 0.15) is 11.3 Å². The van der Waals surface area contributed by atoms with Crippen molar-refractivity contribution in [1.29, 1.82) is 0 Å². The zero-order valence-electron chi connectivity index (χ0n) is 15.9. The third-order valence-corrected chi connectivity index (χ3v) is 5.40. The maximum Gasteiger partial charge on any atom is 0.261 e. The van der Waals surface area contributed by atoms with Gasteiger partial charge in [-0.25, -0.2) is 8.78 Å². The van der Waals surface area contributed by atoms with Crippen molar-refractivity contribution in [1.82, 2.24) is 14.7 Å². The van der Waals surface area contributed by atoms with Crippen molar-refractivity contribution in [3.8, 4) is 5.75 Å². The van der Waals surface area contributed by atoms with Crippen molar-refractivity contribution in [3.05, 3.63) is 29.3 Å². The number of carbonyl (C=O) groups excluding carboxylic acids is 2. The molecule has 2 amide bonds. The lowest BCUT2D eigenvalue weighted by molar-refractivity contribution is -0.129. The van der Waals surface area contributed by atoms with Crippen LogP contribution in [-0.4, -0.2) is 79.9 Å². The topological polar surface area (TPSA) is 53.1 Å². The highest BCUT2D eigenvalue weighted by Crippen LogP contribution is 2.32. The van der Waals surface area contributed by atoms with E-state index in [0.29, 0.717) is 26.2 Å². The first-order valence-corrected chi connectivity index (χ1v) is 9.07. The molecule has 0 aliphatic carbocycles. The Morgan fingerprint density at radius 3 is 2.59 bits per heavy atom. The molecule has 3 aliphatic rings. The number of rotatable bonds is 4. The molecule has 0 radical (unpaired) electrons. The third kappa shape index (κ3) is 3.90. The second-order valence-corrected chi connectivity index (χ2v) is 7.48. The van der Waals surface area contributed by atoms with Crippen LogP contribution in [0.5, 0.6) is 5.75 Å². The Morgan fingerprint density at radius 2 is 1.93 bits per heavy atom. The minimum atomic E-state index is -1.18. The van der Waals surface area contributed by atoms with Gasteiger partial charge in [-0.2, -0.15) is 0 Å². The van der Waals surface area contributed by atoms with E-state index in [-0.39, 0.29) is 29.2 Å². The second-order valence-electron chi connectivity index (χ2n) is 7.48. The van der Waals surface area contributed by atoms with Crippen LogP contribution in [0.25, 0.3) is 0 Å². The predicted molar refractivity (Wildman–Crippen MR) is 95.6 cm³/mol.